The van der Waals surface area contributed by atoms with Crippen molar-refractivity contribution >= 4 is 16.2 Å². The first-order valence-corrected chi connectivity index (χ1v) is 9.83. The highest BCUT2D eigenvalue weighted by molar-refractivity contribution is 7.86. The predicted octanol–water partition coefficient (Wildman–Crippen LogP) is 2.73. The second-order valence-electron chi connectivity index (χ2n) is 6.29. The molecule has 0 bridgehead atoms. The minimum atomic E-state index is -3.89. The molecule has 1 saturated heterocycles. The van der Waals surface area contributed by atoms with Crippen LogP contribution in [0.25, 0.3) is 0 Å². The van der Waals surface area contributed by atoms with Gasteiger partial charge in [-0.05, 0) is 36.8 Å². The van der Waals surface area contributed by atoms with Gasteiger partial charge in [0, 0.05) is 6.54 Å². The number of ether oxygens (including phenoxy) is 2. The fraction of sp³-hybridized carbons (Fsp3) is 0.316. The molecule has 1 atom stereocenters. The van der Waals surface area contributed by atoms with Gasteiger partial charge in [-0.15, -0.1) is 0 Å². The van der Waals surface area contributed by atoms with E-state index in [9.17, 15) is 13.2 Å². The van der Waals surface area contributed by atoms with Gasteiger partial charge in [-0.1, -0.05) is 29.8 Å². The molecule has 1 fully saturated rings. The van der Waals surface area contributed by atoms with E-state index in [1.807, 2.05) is 31.2 Å². The number of rotatable bonds is 7. The molecule has 7 nitrogen and oxygen atoms in total. The van der Waals surface area contributed by atoms with Gasteiger partial charge in [0.2, 0.25) is 0 Å². The molecular formula is C19H21NO6S. The van der Waals surface area contributed by atoms with Crippen LogP contribution in [0.5, 0.6) is 5.75 Å². The van der Waals surface area contributed by atoms with Gasteiger partial charge in [0.1, 0.15) is 18.5 Å². The normalized spacial score (nSPS) is 17.0. The Morgan fingerprint density at radius 2 is 1.78 bits per heavy atom. The SMILES string of the molecule is COc1ccc(CN2CC(COS(=O)(=O)c3ccc(C)cc3)OC2=O)cc1. The van der Waals surface area contributed by atoms with Crippen LogP contribution in [-0.2, 0) is 25.6 Å². The smallest absolute Gasteiger partial charge is 0.410 e. The standard InChI is InChI=1S/C19H21NO6S/c1-14-3-9-18(10-4-14)27(22,23)25-13-17-12-20(19(21)26-17)11-15-5-7-16(24-2)8-6-15/h3-10,17H,11-13H2,1-2H3. The predicted molar refractivity (Wildman–Crippen MR) is 98.0 cm³/mol. The molecule has 0 radical (unpaired) electrons. The van der Waals surface area contributed by atoms with Crippen molar-refractivity contribution in [2.45, 2.75) is 24.5 Å². The zero-order chi connectivity index (χ0) is 19.4. The molecule has 2 aromatic rings. The van der Waals surface area contributed by atoms with Gasteiger partial charge in [0.25, 0.3) is 10.1 Å². The molecule has 8 heteroatoms. The monoisotopic (exact) mass is 391 g/mol. The Kier molecular flexibility index (Phi) is 5.67. The Morgan fingerprint density at radius 3 is 2.41 bits per heavy atom. The molecule has 144 valence electrons. The Hall–Kier alpha value is -2.58. The van der Waals surface area contributed by atoms with Gasteiger partial charge in [-0.2, -0.15) is 8.42 Å². The maximum absolute atomic E-state index is 12.2. The van der Waals surface area contributed by atoms with E-state index in [0.717, 1.165) is 16.9 Å². The van der Waals surface area contributed by atoms with Gasteiger partial charge in [-0.25, -0.2) is 4.79 Å². The van der Waals surface area contributed by atoms with Crippen molar-refractivity contribution in [3.05, 3.63) is 59.7 Å². The highest BCUT2D eigenvalue weighted by Gasteiger charge is 2.32. The third-order valence-electron chi connectivity index (χ3n) is 4.20. The average molecular weight is 391 g/mol. The number of carbonyl (C=O) groups is 1. The molecular weight excluding hydrogens is 370 g/mol. The molecule has 3 rings (SSSR count). The Labute approximate surface area is 158 Å². The number of aryl methyl sites for hydroxylation is 1. The van der Waals surface area contributed by atoms with Gasteiger partial charge in [0.05, 0.1) is 18.6 Å². The lowest BCUT2D eigenvalue weighted by Gasteiger charge is -2.13. The van der Waals surface area contributed by atoms with Crippen LogP contribution in [0.3, 0.4) is 0 Å². The number of amides is 1. The van der Waals surface area contributed by atoms with Gasteiger partial charge in [-0.3, -0.25) is 4.18 Å². The lowest BCUT2D eigenvalue weighted by molar-refractivity contribution is 0.104. The summed E-state index contributed by atoms with van der Waals surface area (Å²) in [4.78, 5) is 13.6. The fourth-order valence-corrected chi connectivity index (χ4v) is 3.62. The summed E-state index contributed by atoms with van der Waals surface area (Å²) in [6, 6.07) is 13.7. The number of methoxy groups -OCH3 is 1. The Bertz CT molecular complexity index is 893. The zero-order valence-electron chi connectivity index (χ0n) is 15.1. The van der Waals surface area contributed by atoms with E-state index in [1.165, 1.54) is 17.0 Å². The number of nitrogens with zero attached hydrogens (tertiary/aromatic N) is 1. The number of hydrogen-bond donors (Lipinski definition) is 0. The van der Waals surface area contributed by atoms with E-state index in [4.69, 9.17) is 13.7 Å². The summed E-state index contributed by atoms with van der Waals surface area (Å²) >= 11 is 0. The molecule has 0 N–H and O–H groups in total. The lowest BCUT2D eigenvalue weighted by atomic mass is 10.2. The molecule has 1 aliphatic rings. The minimum absolute atomic E-state index is 0.0764. The third-order valence-corrected chi connectivity index (χ3v) is 5.50. The highest BCUT2D eigenvalue weighted by Crippen LogP contribution is 2.19. The van der Waals surface area contributed by atoms with E-state index in [-0.39, 0.29) is 18.0 Å². The van der Waals surface area contributed by atoms with Crippen molar-refractivity contribution in [2.24, 2.45) is 0 Å². The van der Waals surface area contributed by atoms with Crippen molar-refractivity contribution < 1.29 is 26.9 Å². The van der Waals surface area contributed by atoms with Crippen molar-refractivity contribution in [3.63, 3.8) is 0 Å². The third kappa shape index (κ3) is 4.78. The quantitative estimate of drug-likeness (QED) is 0.675. The Balaban J connectivity index is 1.56. The van der Waals surface area contributed by atoms with Crippen LogP contribution >= 0.6 is 0 Å². The van der Waals surface area contributed by atoms with E-state index in [2.05, 4.69) is 0 Å². The first kappa shape index (κ1) is 19.2. The fourth-order valence-electron chi connectivity index (χ4n) is 2.68. The second kappa shape index (κ2) is 7.98. The summed E-state index contributed by atoms with van der Waals surface area (Å²) in [6.07, 6.45) is -1.14. The number of hydrogen-bond acceptors (Lipinski definition) is 6. The lowest BCUT2D eigenvalue weighted by Crippen LogP contribution is -2.26. The highest BCUT2D eigenvalue weighted by atomic mass is 32.2. The maximum Gasteiger partial charge on any atom is 0.410 e. The van der Waals surface area contributed by atoms with Crippen molar-refractivity contribution in [1.29, 1.82) is 0 Å². The minimum Gasteiger partial charge on any atom is -0.497 e. The van der Waals surface area contributed by atoms with Gasteiger partial charge < -0.3 is 14.4 Å². The molecule has 27 heavy (non-hydrogen) atoms. The summed E-state index contributed by atoms with van der Waals surface area (Å²) in [5, 5.41) is 0. The van der Waals surface area contributed by atoms with E-state index in [0.29, 0.717) is 6.54 Å². The zero-order valence-corrected chi connectivity index (χ0v) is 15.9. The first-order chi connectivity index (χ1) is 12.9. The van der Waals surface area contributed by atoms with Crippen LogP contribution in [0.2, 0.25) is 0 Å². The van der Waals surface area contributed by atoms with Gasteiger partial charge >= 0.3 is 6.09 Å². The van der Waals surface area contributed by atoms with E-state index < -0.39 is 22.3 Å². The second-order valence-corrected chi connectivity index (χ2v) is 7.90. The van der Waals surface area contributed by atoms with Crippen molar-refractivity contribution in [1.82, 2.24) is 4.90 Å². The molecule has 1 heterocycles. The van der Waals surface area contributed by atoms with E-state index >= 15 is 0 Å². The molecule has 0 aliphatic carbocycles. The average Bonchev–Trinajstić information content (AvgIpc) is 3.01. The maximum atomic E-state index is 12.2. The molecule has 2 aromatic carbocycles. The van der Waals surface area contributed by atoms with Crippen LogP contribution in [0.4, 0.5) is 4.79 Å². The number of cyclic esters (lactones) is 1. The first-order valence-electron chi connectivity index (χ1n) is 8.42. The Morgan fingerprint density at radius 1 is 1.11 bits per heavy atom. The molecule has 0 spiro atoms. The summed E-state index contributed by atoms with van der Waals surface area (Å²) in [5.41, 5.74) is 1.87. The van der Waals surface area contributed by atoms with Crippen LogP contribution in [0, 0.1) is 6.92 Å². The van der Waals surface area contributed by atoms with E-state index in [1.54, 1.807) is 19.2 Å². The summed E-state index contributed by atoms with van der Waals surface area (Å²) < 4.78 is 39.8. The topological polar surface area (TPSA) is 82.1 Å². The molecule has 1 amide bonds. The summed E-state index contributed by atoms with van der Waals surface area (Å²) in [6.45, 7) is 2.27. The van der Waals surface area contributed by atoms with Crippen molar-refractivity contribution in [3.8, 4) is 5.75 Å². The van der Waals surface area contributed by atoms with Gasteiger partial charge in [0.15, 0.2) is 0 Å². The van der Waals surface area contributed by atoms with Crippen LogP contribution in [-0.4, -0.2) is 45.8 Å². The van der Waals surface area contributed by atoms with Crippen LogP contribution in [0.1, 0.15) is 11.1 Å². The molecule has 0 aromatic heterocycles. The summed E-state index contributed by atoms with van der Waals surface area (Å²) in [7, 11) is -2.30. The van der Waals surface area contributed by atoms with Crippen LogP contribution in [0.15, 0.2) is 53.4 Å². The molecule has 0 saturated carbocycles. The van der Waals surface area contributed by atoms with Crippen LogP contribution < -0.4 is 4.74 Å². The molecule has 1 aliphatic heterocycles. The summed E-state index contributed by atoms with van der Waals surface area (Å²) in [5.74, 6) is 0.732. The molecule has 1 unspecified atom stereocenters. The number of benzene rings is 2. The van der Waals surface area contributed by atoms with Crippen molar-refractivity contribution in [2.75, 3.05) is 20.3 Å². The number of carbonyl (C=O) groups excluding carboxylic acids is 1. The largest absolute Gasteiger partial charge is 0.497 e.